The molecule has 0 unspecified atom stereocenters. The molecule has 0 fully saturated rings. The zero-order valence-corrected chi connectivity index (χ0v) is 15.3. The number of allylic oxidation sites excluding steroid dienone is 1. The fraction of sp³-hybridized carbons (Fsp3) is 0.0500. The van der Waals surface area contributed by atoms with E-state index in [4.69, 9.17) is 5.73 Å². The van der Waals surface area contributed by atoms with Crippen LogP contribution in [0.25, 0.3) is 28.6 Å². The van der Waals surface area contributed by atoms with Crippen molar-refractivity contribution in [3.63, 3.8) is 0 Å². The predicted octanol–water partition coefficient (Wildman–Crippen LogP) is 2.48. The molecule has 1 amide bonds. The molecule has 2 aromatic heterocycles. The Morgan fingerprint density at radius 2 is 1.93 bits per heavy atom. The summed E-state index contributed by atoms with van der Waals surface area (Å²) < 4.78 is 6.36. The number of carbonyl (C=O) groups is 1. The second-order valence-electron chi connectivity index (χ2n) is 6.09. The molecular formula is C20H17N7O2. The molecule has 0 atom stereocenters. The number of hydrazone groups is 1. The number of hydrogen-bond acceptors (Lipinski definition) is 7. The van der Waals surface area contributed by atoms with Gasteiger partial charge in [0, 0.05) is 6.21 Å². The number of hydrogen-bond donors (Lipinski definition) is 2. The Bertz CT molecular complexity index is 1190. The first kappa shape index (κ1) is 18.1. The Kier molecular flexibility index (Phi) is 5.10. The standard InChI is InChI=1S/C20H17N7O2/c21-19-18(25-29-26-19)20-23-15-10-4-5-11-16(15)27(20)13-17(28)24-22-12-6-9-14-7-2-1-3-8-14/h1-12H,13H2,(H2,21,26)(H,24,28)/b9-6+,22-12-. The minimum absolute atomic E-state index is 0.0259. The molecule has 0 saturated heterocycles. The van der Waals surface area contributed by atoms with Crippen LogP contribution in [0, 0.1) is 0 Å². The van der Waals surface area contributed by atoms with Gasteiger partial charge in [-0.1, -0.05) is 48.5 Å². The predicted molar refractivity (Wildman–Crippen MR) is 110 cm³/mol. The van der Waals surface area contributed by atoms with Crippen LogP contribution in [-0.2, 0) is 11.3 Å². The van der Waals surface area contributed by atoms with E-state index in [2.05, 4.69) is 30.5 Å². The Morgan fingerprint density at radius 3 is 2.72 bits per heavy atom. The molecule has 9 nitrogen and oxygen atoms in total. The number of nitrogen functional groups attached to an aromatic ring is 1. The number of amides is 1. The summed E-state index contributed by atoms with van der Waals surface area (Å²) in [6.07, 6.45) is 5.14. The van der Waals surface area contributed by atoms with Gasteiger partial charge in [0.1, 0.15) is 6.54 Å². The van der Waals surface area contributed by atoms with Crippen molar-refractivity contribution < 1.29 is 9.42 Å². The van der Waals surface area contributed by atoms with E-state index in [1.165, 1.54) is 6.21 Å². The molecule has 144 valence electrons. The maximum Gasteiger partial charge on any atom is 0.260 e. The van der Waals surface area contributed by atoms with E-state index in [0.29, 0.717) is 11.3 Å². The van der Waals surface area contributed by atoms with Gasteiger partial charge in [-0.25, -0.2) is 15.0 Å². The monoisotopic (exact) mass is 387 g/mol. The molecule has 0 saturated carbocycles. The quantitative estimate of drug-likeness (QED) is 0.387. The van der Waals surface area contributed by atoms with Crippen LogP contribution in [0.1, 0.15) is 5.56 Å². The number of imidazole rings is 1. The van der Waals surface area contributed by atoms with Crippen LogP contribution in [-0.4, -0.2) is 32.0 Å². The SMILES string of the molecule is Nc1nonc1-c1nc2ccccc2n1CC(=O)N/N=C\C=C\c1ccccc1. The van der Waals surface area contributed by atoms with Crippen molar-refractivity contribution in [1.82, 2.24) is 25.3 Å². The van der Waals surface area contributed by atoms with Gasteiger partial charge in [-0.3, -0.25) is 4.79 Å². The van der Waals surface area contributed by atoms with Gasteiger partial charge in [0.15, 0.2) is 17.3 Å². The Labute approximate surface area is 165 Å². The number of anilines is 1. The summed E-state index contributed by atoms with van der Waals surface area (Å²) in [6.45, 7) is -0.0259. The number of rotatable bonds is 6. The average Bonchev–Trinajstić information content (AvgIpc) is 3.32. The van der Waals surface area contributed by atoms with E-state index >= 15 is 0 Å². The van der Waals surface area contributed by atoms with Gasteiger partial charge in [-0.05, 0) is 34.1 Å². The number of carbonyl (C=O) groups excluding carboxylic acids is 1. The second-order valence-corrected chi connectivity index (χ2v) is 6.09. The van der Waals surface area contributed by atoms with Crippen LogP contribution >= 0.6 is 0 Å². The molecule has 9 heteroatoms. The van der Waals surface area contributed by atoms with Crippen molar-refractivity contribution >= 4 is 35.0 Å². The van der Waals surface area contributed by atoms with Gasteiger partial charge in [0.25, 0.3) is 5.91 Å². The highest BCUT2D eigenvalue weighted by Gasteiger charge is 2.20. The fourth-order valence-corrected chi connectivity index (χ4v) is 2.82. The number of aromatic nitrogens is 4. The van der Waals surface area contributed by atoms with Crippen molar-refractivity contribution in [2.75, 3.05) is 5.73 Å². The highest BCUT2D eigenvalue weighted by atomic mass is 16.6. The fourth-order valence-electron chi connectivity index (χ4n) is 2.82. The maximum absolute atomic E-state index is 12.4. The van der Waals surface area contributed by atoms with Crippen LogP contribution in [0.4, 0.5) is 5.82 Å². The van der Waals surface area contributed by atoms with Crippen molar-refractivity contribution in [2.24, 2.45) is 5.10 Å². The zero-order valence-electron chi connectivity index (χ0n) is 15.3. The topological polar surface area (TPSA) is 124 Å². The Morgan fingerprint density at radius 1 is 1.14 bits per heavy atom. The number of para-hydroxylation sites is 2. The molecule has 0 aliphatic heterocycles. The van der Waals surface area contributed by atoms with Crippen molar-refractivity contribution in [3.8, 4) is 11.5 Å². The van der Waals surface area contributed by atoms with Gasteiger partial charge in [-0.2, -0.15) is 5.10 Å². The van der Waals surface area contributed by atoms with Crippen LogP contribution in [0.15, 0.2) is 70.4 Å². The number of nitrogens with two attached hydrogens (primary N) is 1. The third kappa shape index (κ3) is 4.03. The lowest BCUT2D eigenvalue weighted by Crippen LogP contribution is -2.23. The number of fused-ring (bicyclic) bond motifs is 1. The molecule has 2 heterocycles. The molecule has 29 heavy (non-hydrogen) atoms. The maximum atomic E-state index is 12.4. The van der Waals surface area contributed by atoms with Crippen LogP contribution in [0.5, 0.6) is 0 Å². The lowest BCUT2D eigenvalue weighted by Gasteiger charge is -2.06. The summed E-state index contributed by atoms with van der Waals surface area (Å²) >= 11 is 0. The van der Waals surface area contributed by atoms with E-state index in [-0.39, 0.29) is 24.0 Å². The molecule has 4 aromatic rings. The van der Waals surface area contributed by atoms with E-state index < -0.39 is 0 Å². The minimum atomic E-state index is -0.325. The summed E-state index contributed by atoms with van der Waals surface area (Å²) in [5, 5.41) is 11.3. The first-order valence-corrected chi connectivity index (χ1v) is 8.79. The largest absolute Gasteiger partial charge is 0.379 e. The summed E-state index contributed by atoms with van der Waals surface area (Å²) in [6, 6.07) is 17.2. The van der Waals surface area contributed by atoms with Crippen LogP contribution in [0.3, 0.4) is 0 Å². The van der Waals surface area contributed by atoms with Gasteiger partial charge >= 0.3 is 0 Å². The third-order valence-corrected chi connectivity index (χ3v) is 4.12. The molecule has 0 bridgehead atoms. The number of benzene rings is 2. The molecule has 0 spiro atoms. The molecule has 0 aliphatic rings. The lowest BCUT2D eigenvalue weighted by atomic mass is 10.2. The third-order valence-electron chi connectivity index (χ3n) is 4.12. The first-order chi connectivity index (χ1) is 14.2. The molecule has 0 aliphatic carbocycles. The molecule has 4 rings (SSSR count). The molecular weight excluding hydrogens is 370 g/mol. The normalized spacial score (nSPS) is 11.6. The second kappa shape index (κ2) is 8.17. The van der Waals surface area contributed by atoms with E-state index in [1.807, 2.05) is 60.7 Å². The summed E-state index contributed by atoms with van der Waals surface area (Å²) in [7, 11) is 0. The lowest BCUT2D eigenvalue weighted by molar-refractivity contribution is -0.121. The van der Waals surface area contributed by atoms with Gasteiger partial charge in [-0.15, -0.1) is 0 Å². The van der Waals surface area contributed by atoms with Crippen LogP contribution in [0.2, 0.25) is 0 Å². The molecule has 0 radical (unpaired) electrons. The molecule has 2 aromatic carbocycles. The average molecular weight is 387 g/mol. The highest BCUT2D eigenvalue weighted by molar-refractivity contribution is 5.86. The van der Waals surface area contributed by atoms with Gasteiger partial charge in [0.05, 0.1) is 11.0 Å². The van der Waals surface area contributed by atoms with Gasteiger partial charge in [0.2, 0.25) is 0 Å². The zero-order chi connectivity index (χ0) is 20.1. The summed E-state index contributed by atoms with van der Waals surface area (Å²) in [5.41, 5.74) is 11.1. The Hall–Kier alpha value is -4.27. The smallest absolute Gasteiger partial charge is 0.260 e. The first-order valence-electron chi connectivity index (χ1n) is 8.79. The van der Waals surface area contributed by atoms with E-state index in [1.54, 1.807) is 10.6 Å². The summed E-state index contributed by atoms with van der Waals surface area (Å²) in [4.78, 5) is 16.9. The Balaban J connectivity index is 1.50. The van der Waals surface area contributed by atoms with E-state index in [9.17, 15) is 4.79 Å². The number of nitrogens with zero attached hydrogens (tertiary/aromatic N) is 5. The van der Waals surface area contributed by atoms with Crippen LogP contribution < -0.4 is 11.2 Å². The van der Waals surface area contributed by atoms with Crippen molar-refractivity contribution in [1.29, 1.82) is 0 Å². The van der Waals surface area contributed by atoms with Gasteiger partial charge < -0.3 is 10.3 Å². The summed E-state index contributed by atoms with van der Waals surface area (Å²) in [5.74, 6) is 0.174. The van der Waals surface area contributed by atoms with Crippen molar-refractivity contribution in [2.45, 2.75) is 6.54 Å². The highest BCUT2D eigenvalue weighted by Crippen LogP contribution is 2.26. The molecule has 3 N–H and O–H groups in total. The minimum Gasteiger partial charge on any atom is -0.379 e. The number of nitrogens with one attached hydrogen (secondary N) is 1. The van der Waals surface area contributed by atoms with E-state index in [0.717, 1.165) is 11.1 Å². The van der Waals surface area contributed by atoms with Crippen molar-refractivity contribution in [3.05, 3.63) is 66.2 Å².